The summed E-state index contributed by atoms with van der Waals surface area (Å²) in [5.41, 5.74) is -1.60. The molecule has 4 rings (SSSR count). The fraction of sp³-hybridized carbons (Fsp3) is 0.292. The average molecular weight is 494 g/mol. The molecular weight excluding hydrogens is 474 g/mol. The van der Waals surface area contributed by atoms with E-state index in [1.54, 1.807) is 12.1 Å². The molecule has 2 unspecified atom stereocenters. The number of rotatable bonds is 6. The Morgan fingerprint density at radius 1 is 0.914 bits per heavy atom. The van der Waals surface area contributed by atoms with Crippen LogP contribution in [-0.2, 0) is 25.4 Å². The van der Waals surface area contributed by atoms with Gasteiger partial charge in [0.1, 0.15) is 12.4 Å². The normalized spacial score (nSPS) is 20.3. The first-order valence-electron chi connectivity index (χ1n) is 10.5. The molecule has 0 fully saturated rings. The summed E-state index contributed by atoms with van der Waals surface area (Å²) in [5, 5.41) is 14.3. The molecule has 0 aliphatic heterocycles. The Kier molecular flexibility index (Phi) is 6.44. The zero-order valence-electron chi connectivity index (χ0n) is 18.4. The fourth-order valence-corrected chi connectivity index (χ4v) is 3.99. The number of tetrazole rings is 1. The van der Waals surface area contributed by atoms with Crippen molar-refractivity contribution >= 4 is 0 Å². The second-order valence-corrected chi connectivity index (χ2v) is 8.52. The Morgan fingerprint density at radius 2 is 1.54 bits per heavy atom. The summed E-state index contributed by atoms with van der Waals surface area (Å²) in [6, 6.07) is 8.33. The van der Waals surface area contributed by atoms with E-state index in [2.05, 4.69) is 33.6 Å². The van der Waals surface area contributed by atoms with Crippen LogP contribution in [0, 0.1) is 5.41 Å². The molecule has 1 heterocycles. The SMILES string of the molecule is CC1(Cc2ccc(COc3cc(C(F)(F)F)cc(C(F)(F)F)c3)cc2)C=CC=CC1c1nn[nH]n1. The summed E-state index contributed by atoms with van der Waals surface area (Å²) in [5.74, 6) is -0.0405. The lowest BCUT2D eigenvalue weighted by molar-refractivity contribution is -0.143. The van der Waals surface area contributed by atoms with Gasteiger partial charge >= 0.3 is 12.4 Å². The highest BCUT2D eigenvalue weighted by molar-refractivity contribution is 5.38. The number of hydrogen-bond acceptors (Lipinski definition) is 4. The van der Waals surface area contributed by atoms with Gasteiger partial charge in [-0.15, -0.1) is 10.2 Å². The summed E-state index contributed by atoms with van der Waals surface area (Å²) >= 11 is 0. The van der Waals surface area contributed by atoms with Crippen LogP contribution in [0.15, 0.2) is 66.8 Å². The second-order valence-electron chi connectivity index (χ2n) is 8.52. The van der Waals surface area contributed by atoms with Crippen LogP contribution >= 0.6 is 0 Å². The standard InChI is InChI=1S/C24H20F6N4O/c1-22(9-3-2-4-20(22)21-31-33-34-32-21)13-15-5-7-16(8-6-15)14-35-19-11-17(23(25,26)27)10-18(12-19)24(28,29)30/h2-12,20H,13-14H2,1H3,(H,31,32,33,34). The molecule has 0 spiro atoms. The van der Waals surface area contributed by atoms with Crippen LogP contribution in [0.3, 0.4) is 0 Å². The van der Waals surface area contributed by atoms with Crippen LogP contribution in [0.2, 0.25) is 0 Å². The average Bonchev–Trinajstić information content (AvgIpc) is 3.32. The third-order valence-electron chi connectivity index (χ3n) is 5.82. The van der Waals surface area contributed by atoms with Crippen molar-refractivity contribution in [2.45, 2.75) is 38.2 Å². The van der Waals surface area contributed by atoms with E-state index in [4.69, 9.17) is 4.74 Å². The molecule has 1 aliphatic carbocycles. The summed E-state index contributed by atoms with van der Waals surface area (Å²) in [7, 11) is 0. The minimum absolute atomic E-state index is 0.0684. The minimum Gasteiger partial charge on any atom is -0.489 e. The minimum atomic E-state index is -4.93. The number of halogens is 6. The highest BCUT2D eigenvalue weighted by atomic mass is 19.4. The van der Waals surface area contributed by atoms with Gasteiger partial charge in [-0.1, -0.05) is 60.7 Å². The number of allylic oxidation sites excluding steroid dienone is 4. The molecule has 3 aromatic rings. The van der Waals surface area contributed by atoms with Gasteiger partial charge < -0.3 is 4.74 Å². The Bertz CT molecular complexity index is 1180. The highest BCUT2D eigenvalue weighted by Crippen LogP contribution is 2.42. The van der Waals surface area contributed by atoms with Crippen molar-refractivity contribution < 1.29 is 31.1 Å². The Hall–Kier alpha value is -3.63. The number of alkyl halides is 6. The molecule has 0 saturated heterocycles. The number of H-pyrrole nitrogens is 1. The second kappa shape index (κ2) is 9.20. The van der Waals surface area contributed by atoms with Gasteiger partial charge in [-0.2, -0.15) is 31.6 Å². The van der Waals surface area contributed by atoms with Gasteiger partial charge in [0, 0.05) is 5.41 Å². The molecule has 0 radical (unpaired) electrons. The predicted octanol–water partition coefficient (Wildman–Crippen LogP) is 6.27. The van der Waals surface area contributed by atoms with Gasteiger partial charge in [-0.05, 0) is 35.7 Å². The Morgan fingerprint density at radius 3 is 2.11 bits per heavy atom. The third kappa shape index (κ3) is 5.72. The predicted molar refractivity (Wildman–Crippen MR) is 114 cm³/mol. The van der Waals surface area contributed by atoms with Crippen LogP contribution < -0.4 is 4.74 Å². The van der Waals surface area contributed by atoms with Crippen molar-refractivity contribution in [1.82, 2.24) is 20.6 Å². The zero-order chi connectivity index (χ0) is 25.3. The topological polar surface area (TPSA) is 63.7 Å². The van der Waals surface area contributed by atoms with Crippen LogP contribution in [-0.4, -0.2) is 20.6 Å². The van der Waals surface area contributed by atoms with Gasteiger partial charge in [0.25, 0.3) is 0 Å². The molecule has 1 aromatic heterocycles. The zero-order valence-corrected chi connectivity index (χ0v) is 18.4. The largest absolute Gasteiger partial charge is 0.489 e. The first-order valence-corrected chi connectivity index (χ1v) is 10.5. The van der Waals surface area contributed by atoms with Crippen molar-refractivity contribution in [3.8, 4) is 5.75 Å². The smallest absolute Gasteiger partial charge is 0.416 e. The van der Waals surface area contributed by atoms with E-state index in [1.165, 1.54) is 0 Å². The van der Waals surface area contributed by atoms with E-state index in [9.17, 15) is 26.3 Å². The molecule has 11 heteroatoms. The van der Waals surface area contributed by atoms with Crippen molar-refractivity contribution in [3.63, 3.8) is 0 Å². The number of nitrogens with zero attached hydrogens (tertiary/aromatic N) is 3. The van der Waals surface area contributed by atoms with E-state index in [0.29, 0.717) is 29.9 Å². The maximum absolute atomic E-state index is 13.0. The van der Waals surface area contributed by atoms with Gasteiger partial charge in [-0.25, -0.2) is 0 Å². The maximum Gasteiger partial charge on any atom is 0.416 e. The van der Waals surface area contributed by atoms with Gasteiger partial charge in [0.05, 0.1) is 17.0 Å². The Labute approximate surface area is 196 Å². The number of ether oxygens (including phenoxy) is 1. The van der Waals surface area contributed by atoms with Crippen molar-refractivity contribution in [2.75, 3.05) is 0 Å². The van der Waals surface area contributed by atoms with E-state index in [0.717, 1.165) is 5.56 Å². The molecule has 35 heavy (non-hydrogen) atoms. The first kappa shape index (κ1) is 24.5. The van der Waals surface area contributed by atoms with Gasteiger partial charge in [0.15, 0.2) is 5.82 Å². The molecule has 0 amide bonds. The molecule has 2 atom stereocenters. The van der Waals surface area contributed by atoms with E-state index >= 15 is 0 Å². The lowest BCUT2D eigenvalue weighted by Crippen LogP contribution is -2.27. The van der Waals surface area contributed by atoms with Gasteiger partial charge in [0.2, 0.25) is 0 Å². The maximum atomic E-state index is 13.0. The van der Waals surface area contributed by atoms with Crippen molar-refractivity contribution in [3.05, 3.63) is 94.8 Å². The van der Waals surface area contributed by atoms with E-state index < -0.39 is 29.2 Å². The molecule has 5 nitrogen and oxygen atoms in total. The number of hydrogen-bond donors (Lipinski definition) is 1. The Balaban J connectivity index is 1.47. The van der Waals surface area contributed by atoms with Crippen LogP contribution in [0.5, 0.6) is 5.75 Å². The van der Waals surface area contributed by atoms with Crippen LogP contribution in [0.1, 0.15) is 40.9 Å². The highest BCUT2D eigenvalue weighted by Gasteiger charge is 2.37. The summed E-state index contributed by atoms with van der Waals surface area (Å²) < 4.78 is 83.5. The van der Waals surface area contributed by atoms with E-state index in [1.807, 2.05) is 30.4 Å². The monoisotopic (exact) mass is 494 g/mol. The van der Waals surface area contributed by atoms with Crippen molar-refractivity contribution in [2.24, 2.45) is 5.41 Å². The molecule has 1 N–H and O–H groups in total. The molecule has 1 aliphatic rings. The lowest BCUT2D eigenvalue weighted by atomic mass is 9.70. The summed E-state index contributed by atoms with van der Waals surface area (Å²) in [6.45, 7) is 1.88. The number of nitrogens with one attached hydrogen (secondary N) is 1. The first-order chi connectivity index (χ1) is 16.4. The van der Waals surface area contributed by atoms with Crippen LogP contribution in [0.25, 0.3) is 0 Å². The van der Waals surface area contributed by atoms with Gasteiger partial charge in [-0.3, -0.25) is 0 Å². The van der Waals surface area contributed by atoms with Crippen LogP contribution in [0.4, 0.5) is 26.3 Å². The number of aromatic nitrogens is 4. The fourth-order valence-electron chi connectivity index (χ4n) is 3.99. The lowest BCUT2D eigenvalue weighted by Gasteiger charge is -2.33. The molecule has 184 valence electrons. The summed E-state index contributed by atoms with van der Waals surface area (Å²) in [4.78, 5) is 0. The number of aromatic amines is 1. The molecule has 0 saturated carbocycles. The summed E-state index contributed by atoms with van der Waals surface area (Å²) in [6.07, 6.45) is -1.30. The van der Waals surface area contributed by atoms with Crippen molar-refractivity contribution in [1.29, 1.82) is 0 Å². The quantitative estimate of drug-likeness (QED) is 0.410. The molecular formula is C24H20F6N4O. The number of benzene rings is 2. The third-order valence-corrected chi connectivity index (χ3v) is 5.82. The molecule has 0 bridgehead atoms. The molecule has 2 aromatic carbocycles. The van der Waals surface area contributed by atoms with E-state index in [-0.39, 0.29) is 24.0 Å².